The molecule has 15 heavy (non-hydrogen) atoms. The van der Waals surface area contributed by atoms with Crippen molar-refractivity contribution in [1.29, 1.82) is 0 Å². The molecule has 0 bridgehead atoms. The molecular formula is C11H15NO3. The Morgan fingerprint density at radius 1 is 1.53 bits per heavy atom. The van der Waals surface area contributed by atoms with Crippen LogP contribution in [0, 0.1) is 13.8 Å². The van der Waals surface area contributed by atoms with Gasteiger partial charge in [-0.15, -0.1) is 6.58 Å². The lowest BCUT2D eigenvalue weighted by Gasteiger charge is -2.03. The SMILES string of the molecule is C=C(C)CCOC(=O)c1c(C)noc1C. The fourth-order valence-corrected chi connectivity index (χ4v) is 1.16. The number of carbonyl (C=O) groups is 1. The van der Waals surface area contributed by atoms with E-state index in [-0.39, 0.29) is 5.97 Å². The highest BCUT2D eigenvalue weighted by molar-refractivity contribution is 5.91. The first kappa shape index (κ1) is 11.5. The van der Waals surface area contributed by atoms with Gasteiger partial charge >= 0.3 is 5.97 Å². The van der Waals surface area contributed by atoms with E-state index in [4.69, 9.17) is 9.26 Å². The first-order valence-corrected chi connectivity index (χ1v) is 4.76. The van der Waals surface area contributed by atoms with Crippen LogP contribution in [0.1, 0.15) is 35.2 Å². The Balaban J connectivity index is 2.58. The Labute approximate surface area is 88.9 Å². The third-order valence-electron chi connectivity index (χ3n) is 2.00. The zero-order valence-electron chi connectivity index (χ0n) is 9.29. The van der Waals surface area contributed by atoms with Crippen molar-refractivity contribution in [3.8, 4) is 0 Å². The Bertz CT molecular complexity index is 360. The molecule has 0 fully saturated rings. The summed E-state index contributed by atoms with van der Waals surface area (Å²) in [6.07, 6.45) is 0.676. The minimum Gasteiger partial charge on any atom is -0.462 e. The minimum absolute atomic E-state index is 0.345. The summed E-state index contributed by atoms with van der Waals surface area (Å²) < 4.78 is 9.93. The van der Waals surface area contributed by atoms with Crippen LogP contribution in [-0.4, -0.2) is 17.7 Å². The Morgan fingerprint density at radius 3 is 2.67 bits per heavy atom. The molecular weight excluding hydrogens is 194 g/mol. The summed E-state index contributed by atoms with van der Waals surface area (Å²) in [4.78, 5) is 11.6. The number of aromatic nitrogens is 1. The number of carbonyl (C=O) groups excluding carboxylic acids is 1. The van der Waals surface area contributed by atoms with E-state index in [9.17, 15) is 4.79 Å². The Morgan fingerprint density at radius 2 is 2.20 bits per heavy atom. The van der Waals surface area contributed by atoms with Gasteiger partial charge in [-0.05, 0) is 20.8 Å². The number of hydrogen-bond acceptors (Lipinski definition) is 4. The molecule has 0 N–H and O–H groups in total. The zero-order chi connectivity index (χ0) is 11.4. The number of aryl methyl sites for hydroxylation is 2. The predicted octanol–water partition coefficient (Wildman–Crippen LogP) is 2.41. The molecule has 1 heterocycles. The topological polar surface area (TPSA) is 52.3 Å². The van der Waals surface area contributed by atoms with Gasteiger partial charge in [0.15, 0.2) is 0 Å². The van der Waals surface area contributed by atoms with Gasteiger partial charge in [-0.2, -0.15) is 0 Å². The van der Waals surface area contributed by atoms with Crippen molar-refractivity contribution in [2.75, 3.05) is 6.61 Å². The molecule has 0 amide bonds. The Kier molecular flexibility index (Phi) is 3.66. The molecule has 4 nitrogen and oxygen atoms in total. The molecule has 4 heteroatoms. The van der Waals surface area contributed by atoms with Crippen LogP contribution >= 0.6 is 0 Å². The van der Waals surface area contributed by atoms with Crippen LogP contribution in [0.25, 0.3) is 0 Å². The highest BCUT2D eigenvalue weighted by atomic mass is 16.5. The number of ether oxygens (including phenoxy) is 1. The second-order valence-corrected chi connectivity index (χ2v) is 3.54. The van der Waals surface area contributed by atoms with Crippen LogP contribution in [0.15, 0.2) is 16.7 Å². The van der Waals surface area contributed by atoms with Gasteiger partial charge in [0, 0.05) is 6.42 Å². The maximum atomic E-state index is 11.6. The molecule has 0 saturated heterocycles. The smallest absolute Gasteiger partial charge is 0.343 e. The van der Waals surface area contributed by atoms with Gasteiger partial charge in [-0.3, -0.25) is 0 Å². The summed E-state index contributed by atoms with van der Waals surface area (Å²) in [5.74, 6) is 0.111. The minimum atomic E-state index is -0.382. The molecule has 0 spiro atoms. The van der Waals surface area contributed by atoms with Crippen molar-refractivity contribution < 1.29 is 14.1 Å². The molecule has 0 aliphatic heterocycles. The maximum Gasteiger partial charge on any atom is 0.343 e. The summed E-state index contributed by atoms with van der Waals surface area (Å²) in [5, 5.41) is 3.69. The van der Waals surface area contributed by atoms with Crippen LogP contribution in [0.4, 0.5) is 0 Å². The average molecular weight is 209 g/mol. The third kappa shape index (κ3) is 2.94. The molecule has 0 unspecified atom stereocenters. The molecule has 0 aliphatic carbocycles. The Hall–Kier alpha value is -1.58. The van der Waals surface area contributed by atoms with Crippen LogP contribution in [0.2, 0.25) is 0 Å². The average Bonchev–Trinajstić information content (AvgIpc) is 2.45. The second-order valence-electron chi connectivity index (χ2n) is 3.54. The van der Waals surface area contributed by atoms with Gasteiger partial charge in [0.2, 0.25) is 0 Å². The summed E-state index contributed by atoms with van der Waals surface area (Å²) in [6.45, 7) is 9.37. The van der Waals surface area contributed by atoms with E-state index in [1.165, 1.54) is 0 Å². The second kappa shape index (κ2) is 4.77. The molecule has 82 valence electrons. The molecule has 0 aromatic carbocycles. The standard InChI is InChI=1S/C11H15NO3/c1-7(2)5-6-14-11(13)10-8(3)12-15-9(10)4/h1,5-6H2,2-4H3. The highest BCUT2D eigenvalue weighted by Gasteiger charge is 2.18. The van der Waals surface area contributed by atoms with E-state index < -0.39 is 0 Å². The lowest BCUT2D eigenvalue weighted by Crippen LogP contribution is -2.08. The summed E-state index contributed by atoms with van der Waals surface area (Å²) >= 11 is 0. The van der Waals surface area contributed by atoms with Crippen molar-refractivity contribution in [3.05, 3.63) is 29.2 Å². The van der Waals surface area contributed by atoms with Gasteiger partial charge < -0.3 is 9.26 Å². The lowest BCUT2D eigenvalue weighted by atomic mass is 10.2. The van der Waals surface area contributed by atoms with Gasteiger partial charge in [-0.25, -0.2) is 4.79 Å². The molecule has 0 saturated carbocycles. The summed E-state index contributed by atoms with van der Waals surface area (Å²) in [6, 6.07) is 0. The zero-order valence-corrected chi connectivity index (χ0v) is 9.29. The van der Waals surface area contributed by atoms with Crippen molar-refractivity contribution in [2.45, 2.75) is 27.2 Å². The predicted molar refractivity (Wildman–Crippen MR) is 55.7 cm³/mol. The van der Waals surface area contributed by atoms with Gasteiger partial charge in [0.1, 0.15) is 11.3 Å². The number of esters is 1. The van der Waals surface area contributed by atoms with Crippen LogP contribution < -0.4 is 0 Å². The highest BCUT2D eigenvalue weighted by Crippen LogP contribution is 2.13. The van der Waals surface area contributed by atoms with Gasteiger partial charge in [0.25, 0.3) is 0 Å². The number of nitrogens with zero attached hydrogens (tertiary/aromatic N) is 1. The van der Waals surface area contributed by atoms with E-state index in [1.54, 1.807) is 13.8 Å². The van der Waals surface area contributed by atoms with Gasteiger partial charge in [0.05, 0.1) is 12.3 Å². The molecule has 1 rings (SSSR count). The van der Waals surface area contributed by atoms with Crippen molar-refractivity contribution in [2.24, 2.45) is 0 Å². The largest absolute Gasteiger partial charge is 0.462 e. The fraction of sp³-hybridized carbons (Fsp3) is 0.455. The summed E-state index contributed by atoms with van der Waals surface area (Å²) in [7, 11) is 0. The number of rotatable bonds is 4. The molecule has 0 radical (unpaired) electrons. The van der Waals surface area contributed by atoms with Gasteiger partial charge in [-0.1, -0.05) is 10.7 Å². The molecule has 0 aliphatic rings. The quantitative estimate of drug-likeness (QED) is 0.564. The van der Waals surface area contributed by atoms with E-state index in [1.807, 2.05) is 6.92 Å². The van der Waals surface area contributed by atoms with E-state index >= 15 is 0 Å². The van der Waals surface area contributed by atoms with Crippen LogP contribution in [0.5, 0.6) is 0 Å². The van der Waals surface area contributed by atoms with Crippen molar-refractivity contribution >= 4 is 5.97 Å². The normalized spacial score (nSPS) is 10.1. The van der Waals surface area contributed by atoms with E-state index in [0.717, 1.165) is 5.57 Å². The lowest BCUT2D eigenvalue weighted by molar-refractivity contribution is 0.0507. The van der Waals surface area contributed by atoms with Crippen LogP contribution in [-0.2, 0) is 4.74 Å². The summed E-state index contributed by atoms with van der Waals surface area (Å²) in [5.41, 5.74) is 1.98. The van der Waals surface area contributed by atoms with Crippen molar-refractivity contribution in [1.82, 2.24) is 5.16 Å². The van der Waals surface area contributed by atoms with Crippen molar-refractivity contribution in [3.63, 3.8) is 0 Å². The van der Waals surface area contributed by atoms with Crippen LogP contribution in [0.3, 0.4) is 0 Å². The van der Waals surface area contributed by atoms with E-state index in [2.05, 4.69) is 11.7 Å². The third-order valence-corrected chi connectivity index (χ3v) is 2.00. The first-order valence-electron chi connectivity index (χ1n) is 4.76. The monoisotopic (exact) mass is 209 g/mol. The molecule has 1 aromatic heterocycles. The fourth-order valence-electron chi connectivity index (χ4n) is 1.16. The molecule has 1 aromatic rings. The van der Waals surface area contributed by atoms with E-state index in [0.29, 0.717) is 30.0 Å². The molecule has 0 atom stereocenters. The number of hydrogen-bond donors (Lipinski definition) is 0. The maximum absolute atomic E-state index is 11.6. The first-order chi connectivity index (χ1) is 7.02.